The zero-order chi connectivity index (χ0) is 14.9. The van der Waals surface area contributed by atoms with Crippen LogP contribution in [0.5, 0.6) is 0 Å². The first-order valence-corrected chi connectivity index (χ1v) is 5.75. The van der Waals surface area contributed by atoms with Gasteiger partial charge in [0, 0.05) is 13.1 Å². The van der Waals surface area contributed by atoms with E-state index in [2.05, 4.69) is 10.4 Å². The van der Waals surface area contributed by atoms with Gasteiger partial charge in [0.1, 0.15) is 17.1 Å². The standard InChI is InChI=1S/C12H13N5O3/c1-7-6-10(16(2)15-7)14-12(18)8-4-3-5-9(13)11(8)17(19)20/h3-6H,13H2,1-2H3,(H,14,18). The topological polar surface area (TPSA) is 116 Å². The lowest BCUT2D eigenvalue weighted by molar-refractivity contribution is -0.384. The number of nitro benzene ring substituents is 1. The summed E-state index contributed by atoms with van der Waals surface area (Å²) in [5, 5.41) is 17.6. The summed E-state index contributed by atoms with van der Waals surface area (Å²) in [6, 6.07) is 5.89. The predicted molar refractivity (Wildman–Crippen MR) is 73.4 cm³/mol. The number of hydrogen-bond donors (Lipinski definition) is 2. The summed E-state index contributed by atoms with van der Waals surface area (Å²) in [5.41, 5.74) is 5.73. The minimum absolute atomic E-state index is 0.0520. The number of para-hydroxylation sites is 1. The third-order valence-corrected chi connectivity index (χ3v) is 2.74. The Morgan fingerprint density at radius 2 is 2.20 bits per heavy atom. The van der Waals surface area contributed by atoms with E-state index in [0.717, 1.165) is 5.69 Å². The molecule has 0 spiro atoms. The number of hydrogen-bond acceptors (Lipinski definition) is 5. The van der Waals surface area contributed by atoms with Gasteiger partial charge in [-0.3, -0.25) is 19.6 Å². The van der Waals surface area contributed by atoms with Crippen LogP contribution in [-0.4, -0.2) is 20.6 Å². The first kappa shape index (κ1) is 13.5. The van der Waals surface area contributed by atoms with Crippen molar-refractivity contribution in [3.8, 4) is 0 Å². The van der Waals surface area contributed by atoms with Crippen LogP contribution in [0.3, 0.4) is 0 Å². The smallest absolute Gasteiger partial charge is 0.304 e. The van der Waals surface area contributed by atoms with Gasteiger partial charge in [0.25, 0.3) is 5.91 Å². The minimum atomic E-state index is -0.668. The summed E-state index contributed by atoms with van der Waals surface area (Å²) in [6.07, 6.45) is 0. The molecule has 0 atom stereocenters. The Morgan fingerprint density at radius 3 is 2.75 bits per heavy atom. The lowest BCUT2D eigenvalue weighted by Crippen LogP contribution is -2.16. The summed E-state index contributed by atoms with van der Waals surface area (Å²) in [4.78, 5) is 22.5. The molecule has 0 aliphatic heterocycles. The number of nitrogens with zero attached hydrogens (tertiary/aromatic N) is 3. The molecular formula is C12H13N5O3. The second-order valence-corrected chi connectivity index (χ2v) is 4.25. The molecule has 1 aromatic carbocycles. The summed E-state index contributed by atoms with van der Waals surface area (Å²) >= 11 is 0. The molecular weight excluding hydrogens is 262 g/mol. The van der Waals surface area contributed by atoms with Gasteiger partial charge in [-0.15, -0.1) is 0 Å². The van der Waals surface area contributed by atoms with Gasteiger partial charge in [-0.25, -0.2) is 0 Å². The molecule has 0 unspecified atom stereocenters. The molecule has 1 heterocycles. The van der Waals surface area contributed by atoms with Gasteiger partial charge < -0.3 is 11.1 Å². The quantitative estimate of drug-likeness (QED) is 0.500. The van der Waals surface area contributed by atoms with Crippen molar-refractivity contribution in [3.05, 3.63) is 45.6 Å². The van der Waals surface area contributed by atoms with E-state index in [1.807, 2.05) is 0 Å². The van der Waals surface area contributed by atoms with Gasteiger partial charge in [-0.05, 0) is 19.1 Å². The number of nitrogens with two attached hydrogens (primary N) is 1. The van der Waals surface area contributed by atoms with Gasteiger partial charge in [0.15, 0.2) is 0 Å². The van der Waals surface area contributed by atoms with E-state index in [1.54, 1.807) is 20.0 Å². The zero-order valence-electron chi connectivity index (χ0n) is 11.0. The number of benzene rings is 1. The van der Waals surface area contributed by atoms with Crippen molar-refractivity contribution in [2.45, 2.75) is 6.92 Å². The largest absolute Gasteiger partial charge is 0.393 e. The van der Waals surface area contributed by atoms with Crippen molar-refractivity contribution in [3.63, 3.8) is 0 Å². The molecule has 2 aromatic rings. The van der Waals surface area contributed by atoms with Crippen LogP contribution in [0.4, 0.5) is 17.2 Å². The SMILES string of the molecule is Cc1cc(NC(=O)c2cccc(N)c2[N+](=O)[O-])n(C)n1. The maximum Gasteiger partial charge on any atom is 0.304 e. The van der Waals surface area contributed by atoms with E-state index < -0.39 is 16.5 Å². The van der Waals surface area contributed by atoms with Gasteiger partial charge >= 0.3 is 5.69 Å². The van der Waals surface area contributed by atoms with Crippen molar-refractivity contribution in [2.24, 2.45) is 7.05 Å². The highest BCUT2D eigenvalue weighted by Crippen LogP contribution is 2.26. The van der Waals surface area contributed by atoms with Gasteiger partial charge in [-0.1, -0.05) is 6.07 Å². The third-order valence-electron chi connectivity index (χ3n) is 2.74. The average molecular weight is 275 g/mol. The minimum Gasteiger partial charge on any atom is -0.393 e. The van der Waals surface area contributed by atoms with Crippen molar-refractivity contribution in [1.82, 2.24) is 9.78 Å². The van der Waals surface area contributed by atoms with E-state index in [4.69, 9.17) is 5.73 Å². The van der Waals surface area contributed by atoms with E-state index in [1.165, 1.54) is 22.9 Å². The number of anilines is 2. The van der Waals surface area contributed by atoms with Crippen molar-refractivity contribution >= 4 is 23.1 Å². The van der Waals surface area contributed by atoms with E-state index in [9.17, 15) is 14.9 Å². The van der Waals surface area contributed by atoms with Gasteiger partial charge in [0.05, 0.1) is 10.6 Å². The highest BCUT2D eigenvalue weighted by atomic mass is 16.6. The fraction of sp³-hybridized carbons (Fsp3) is 0.167. The first-order chi connectivity index (χ1) is 9.40. The van der Waals surface area contributed by atoms with Crippen LogP contribution in [0.25, 0.3) is 0 Å². The molecule has 0 radical (unpaired) electrons. The van der Waals surface area contributed by atoms with Crippen molar-refractivity contribution < 1.29 is 9.72 Å². The normalized spacial score (nSPS) is 10.3. The number of aryl methyl sites for hydroxylation is 2. The molecule has 8 nitrogen and oxygen atoms in total. The van der Waals surface area contributed by atoms with Crippen LogP contribution in [0.15, 0.2) is 24.3 Å². The Morgan fingerprint density at radius 1 is 1.50 bits per heavy atom. The molecule has 1 aromatic heterocycles. The zero-order valence-corrected chi connectivity index (χ0v) is 11.0. The molecule has 0 fully saturated rings. The van der Waals surface area contributed by atoms with E-state index >= 15 is 0 Å². The maximum absolute atomic E-state index is 12.1. The number of aromatic nitrogens is 2. The van der Waals surface area contributed by atoms with E-state index in [0.29, 0.717) is 5.82 Å². The van der Waals surface area contributed by atoms with Crippen LogP contribution in [0.1, 0.15) is 16.1 Å². The third kappa shape index (κ3) is 2.44. The lowest BCUT2D eigenvalue weighted by atomic mass is 10.1. The molecule has 3 N–H and O–H groups in total. The Bertz CT molecular complexity index is 692. The van der Waals surface area contributed by atoms with Crippen molar-refractivity contribution in [2.75, 3.05) is 11.1 Å². The first-order valence-electron chi connectivity index (χ1n) is 5.75. The Balaban J connectivity index is 2.37. The molecule has 0 aliphatic carbocycles. The van der Waals surface area contributed by atoms with Gasteiger partial charge in [-0.2, -0.15) is 5.10 Å². The highest BCUT2D eigenvalue weighted by molar-refractivity contribution is 6.08. The molecule has 0 bridgehead atoms. The second kappa shape index (κ2) is 5.00. The molecule has 2 rings (SSSR count). The predicted octanol–water partition coefficient (Wildman–Crippen LogP) is 1.47. The molecule has 1 amide bonds. The molecule has 104 valence electrons. The molecule has 0 saturated carbocycles. The summed E-state index contributed by atoms with van der Waals surface area (Å²) in [7, 11) is 1.66. The second-order valence-electron chi connectivity index (χ2n) is 4.25. The number of nitrogens with one attached hydrogen (secondary N) is 1. The van der Waals surface area contributed by atoms with Gasteiger partial charge in [0.2, 0.25) is 0 Å². The average Bonchev–Trinajstić information content (AvgIpc) is 2.66. The number of nitro groups is 1. The number of rotatable bonds is 3. The number of carbonyl (C=O) groups is 1. The monoisotopic (exact) mass is 275 g/mol. The maximum atomic E-state index is 12.1. The number of carbonyl (C=O) groups excluding carboxylic acids is 1. The summed E-state index contributed by atoms with van der Waals surface area (Å²) in [5.74, 6) is -0.156. The van der Waals surface area contributed by atoms with Crippen LogP contribution in [-0.2, 0) is 7.05 Å². The van der Waals surface area contributed by atoms with E-state index in [-0.39, 0.29) is 11.3 Å². The summed E-state index contributed by atoms with van der Waals surface area (Å²) in [6.45, 7) is 1.78. The fourth-order valence-electron chi connectivity index (χ4n) is 1.86. The number of nitrogen functional groups attached to an aromatic ring is 1. The molecule has 0 saturated heterocycles. The Hall–Kier alpha value is -2.90. The van der Waals surface area contributed by atoms with Crippen LogP contribution < -0.4 is 11.1 Å². The van der Waals surface area contributed by atoms with Crippen LogP contribution in [0, 0.1) is 17.0 Å². The molecule has 8 heteroatoms. The Labute approximate surface area is 114 Å². The molecule has 20 heavy (non-hydrogen) atoms. The fourth-order valence-corrected chi connectivity index (χ4v) is 1.86. The Kier molecular flexibility index (Phi) is 3.38. The van der Waals surface area contributed by atoms with Crippen molar-refractivity contribution in [1.29, 1.82) is 0 Å². The highest BCUT2D eigenvalue weighted by Gasteiger charge is 2.23. The lowest BCUT2D eigenvalue weighted by Gasteiger charge is -2.06. The molecule has 0 aliphatic rings. The van der Waals surface area contributed by atoms with Crippen LogP contribution in [0.2, 0.25) is 0 Å². The number of amides is 1. The van der Waals surface area contributed by atoms with Crippen LogP contribution >= 0.6 is 0 Å². The summed E-state index contributed by atoms with van der Waals surface area (Å²) < 4.78 is 1.48.